The van der Waals surface area contributed by atoms with Gasteiger partial charge in [-0.2, -0.15) is 13.1 Å². The number of aliphatic hydroxyl groups is 1. The molecule has 0 unspecified atom stereocenters. The summed E-state index contributed by atoms with van der Waals surface area (Å²) >= 11 is 0. The van der Waals surface area contributed by atoms with Crippen molar-refractivity contribution in [3.8, 4) is 23.0 Å². The zero-order valence-electron chi connectivity index (χ0n) is 58.1. The van der Waals surface area contributed by atoms with Gasteiger partial charge in [-0.25, -0.2) is 19.1 Å². The Hall–Kier alpha value is -8.97. The van der Waals surface area contributed by atoms with Crippen LogP contribution in [0.25, 0.3) is 0 Å². The van der Waals surface area contributed by atoms with E-state index in [-0.39, 0.29) is 92.7 Å². The standard InChI is InChI=1S/C70H92N12O17S/c1-40(2)64(75-63(84)39-96-28-27-95-26-23-72-100(91,92)77-62(83)22-19-50-48-17-20-53-55(21-18-49(48)50)82(41(3)4)78-76-53)66(86)73-44(7)65(85)74-46-15-13-45(14-16-46)38-99-70(90)81-56-34-61(59(94-9)32-52(56)68(88)80-37-43(6)30-57(80)69(81)89)98-25-12-10-11-24-97-60-33-54-51(31-58(60)93-8)67(87)79-36-42(5)29-47(79)35-71-54/h13-16,31-37,40-41,44,47-50,57,64,69,72,89H,10-12,17-30,38-39H2,1-9H3,(H,73,86)(H,74,85)(H,75,84)(H,77,83)/t44-,47-,48-,49+,50-,57-,64-,69-/m0/s1. The summed E-state index contributed by atoms with van der Waals surface area (Å²) in [6, 6.07) is 9.94. The van der Waals surface area contributed by atoms with E-state index in [9.17, 15) is 47.1 Å². The van der Waals surface area contributed by atoms with Gasteiger partial charge in [0.05, 0.1) is 93.2 Å². The molecule has 0 radical (unpaired) electrons. The van der Waals surface area contributed by atoms with Crippen molar-refractivity contribution in [2.45, 2.75) is 162 Å². The molecular formula is C70H92N12O17S. The van der Waals surface area contributed by atoms with Gasteiger partial charge in [-0.1, -0.05) is 42.3 Å². The van der Waals surface area contributed by atoms with Crippen molar-refractivity contribution in [1.82, 2.24) is 44.9 Å². The number of fused-ring (bicyclic) bond motifs is 6. The number of carbonyl (C=O) groups excluding carboxylic acids is 7. The fourth-order valence-corrected chi connectivity index (χ4v) is 14.3. The Bertz CT molecular complexity index is 3890. The smallest absolute Gasteiger partial charge is 0.416 e. The van der Waals surface area contributed by atoms with Gasteiger partial charge < -0.3 is 64.0 Å². The van der Waals surface area contributed by atoms with Crippen LogP contribution in [0.1, 0.15) is 150 Å². The van der Waals surface area contributed by atoms with Crippen molar-refractivity contribution in [3.05, 3.63) is 100 Å². The van der Waals surface area contributed by atoms with E-state index in [0.717, 1.165) is 53.8 Å². The Labute approximate surface area is 582 Å². The third kappa shape index (κ3) is 18.0. The minimum atomic E-state index is -4.11. The number of methoxy groups -OCH3 is 2. The first-order valence-corrected chi connectivity index (χ1v) is 35.7. The summed E-state index contributed by atoms with van der Waals surface area (Å²) in [6.07, 6.45) is 10.2. The fraction of sp³-hybridized carbons (Fsp3) is 0.543. The average molecular weight is 1410 g/mol. The third-order valence-corrected chi connectivity index (χ3v) is 19.8. The molecule has 30 heteroatoms. The van der Waals surface area contributed by atoms with E-state index in [1.54, 1.807) is 67.6 Å². The normalized spacial score (nSPS) is 20.3. The van der Waals surface area contributed by atoms with Crippen molar-refractivity contribution in [3.63, 3.8) is 0 Å². The number of benzene rings is 3. The number of nitrogens with zero attached hydrogens (tertiary/aromatic N) is 7. The molecule has 7 amide bonds. The quantitative estimate of drug-likeness (QED) is 0.0276. The number of unbranched alkanes of at least 4 members (excludes halogenated alkanes) is 2. The third-order valence-electron chi connectivity index (χ3n) is 18.7. The molecule has 6 N–H and O–H groups in total. The van der Waals surface area contributed by atoms with Crippen LogP contribution in [0.4, 0.5) is 21.9 Å². The molecule has 1 saturated carbocycles. The molecule has 10 rings (SSSR count). The van der Waals surface area contributed by atoms with E-state index in [1.807, 2.05) is 24.7 Å². The number of rotatable bonds is 32. The Morgan fingerprint density at radius 3 is 2.09 bits per heavy atom. The summed E-state index contributed by atoms with van der Waals surface area (Å²) in [4.78, 5) is 103. The number of nitrogens with one attached hydrogen (secondary N) is 5. The Morgan fingerprint density at radius 2 is 1.39 bits per heavy atom. The minimum absolute atomic E-state index is 0.0218. The highest BCUT2D eigenvalue weighted by atomic mass is 32.2. The van der Waals surface area contributed by atoms with Crippen LogP contribution < -0.4 is 49.2 Å². The number of anilines is 2. The molecule has 540 valence electrons. The monoisotopic (exact) mass is 1400 g/mol. The molecule has 4 aromatic rings. The van der Waals surface area contributed by atoms with Gasteiger partial charge in [0.2, 0.25) is 23.6 Å². The summed E-state index contributed by atoms with van der Waals surface area (Å²) in [5.41, 5.74) is 6.10. The number of aliphatic imine (C=N–C) groups is 1. The summed E-state index contributed by atoms with van der Waals surface area (Å²) in [5, 5.41) is 28.7. The molecule has 2 aliphatic carbocycles. The first kappa shape index (κ1) is 73.7. The van der Waals surface area contributed by atoms with Crippen molar-refractivity contribution in [1.29, 1.82) is 0 Å². The number of aromatic nitrogens is 3. The van der Waals surface area contributed by atoms with E-state index < -0.39 is 76.8 Å². The number of amides is 7. The van der Waals surface area contributed by atoms with Crippen molar-refractivity contribution < 1.29 is 80.2 Å². The van der Waals surface area contributed by atoms with E-state index in [2.05, 4.69) is 54.5 Å². The molecule has 1 aromatic heterocycles. The zero-order valence-corrected chi connectivity index (χ0v) is 58.9. The summed E-state index contributed by atoms with van der Waals surface area (Å²) in [6.45, 7) is 12.7. The molecule has 6 aliphatic rings. The highest BCUT2D eigenvalue weighted by Crippen LogP contribution is 2.55. The molecule has 0 saturated heterocycles. The van der Waals surface area contributed by atoms with Gasteiger partial charge in [0.1, 0.15) is 25.3 Å². The molecule has 29 nitrogen and oxygen atoms in total. The first-order valence-electron chi connectivity index (χ1n) is 34.2. The Kier molecular flexibility index (Phi) is 24.3. The predicted octanol–water partition coefficient (Wildman–Crippen LogP) is 6.72. The predicted molar refractivity (Wildman–Crippen MR) is 367 cm³/mol. The highest BCUT2D eigenvalue weighted by molar-refractivity contribution is 7.88. The largest absolute Gasteiger partial charge is 0.493 e. The van der Waals surface area contributed by atoms with Crippen LogP contribution in [0.2, 0.25) is 0 Å². The number of hydrogen-bond donors (Lipinski definition) is 6. The summed E-state index contributed by atoms with van der Waals surface area (Å²) < 4.78 is 71.9. The van der Waals surface area contributed by atoms with Gasteiger partial charge in [0.25, 0.3) is 11.8 Å². The fourth-order valence-electron chi connectivity index (χ4n) is 13.5. The van der Waals surface area contributed by atoms with Crippen molar-refractivity contribution in [2.24, 2.45) is 28.7 Å². The van der Waals surface area contributed by atoms with E-state index in [4.69, 9.17) is 33.2 Å². The van der Waals surface area contributed by atoms with Crippen LogP contribution in [0.15, 0.2) is 77.1 Å². The van der Waals surface area contributed by atoms with Crippen LogP contribution in [0.3, 0.4) is 0 Å². The lowest BCUT2D eigenvalue weighted by Crippen LogP contribution is -2.54. The second kappa shape index (κ2) is 33.0. The van der Waals surface area contributed by atoms with E-state index in [1.165, 1.54) is 43.9 Å². The van der Waals surface area contributed by atoms with Gasteiger partial charge in [0, 0.05) is 55.4 Å². The molecule has 0 bridgehead atoms. The molecular weight excluding hydrogens is 1310 g/mol. The lowest BCUT2D eigenvalue weighted by molar-refractivity contribution is -0.133. The maximum absolute atomic E-state index is 14.3. The number of aryl methyl sites for hydroxylation is 1. The van der Waals surface area contributed by atoms with Gasteiger partial charge in [-0.05, 0) is 152 Å². The van der Waals surface area contributed by atoms with Crippen LogP contribution in [0.5, 0.6) is 23.0 Å². The number of hydrogen-bond acceptors (Lipinski definition) is 20. The average Bonchev–Trinajstić information content (AvgIpc) is 1.60. The Balaban J connectivity index is 0.625. The lowest BCUT2D eigenvalue weighted by atomic mass is 10.0. The van der Waals surface area contributed by atoms with E-state index >= 15 is 0 Å². The van der Waals surface area contributed by atoms with Gasteiger partial charge in [0.15, 0.2) is 29.2 Å². The number of aliphatic hydroxyl groups excluding tert-OH is 1. The van der Waals surface area contributed by atoms with Gasteiger partial charge in [-0.3, -0.25) is 33.8 Å². The molecule has 100 heavy (non-hydrogen) atoms. The van der Waals surface area contributed by atoms with E-state index in [0.29, 0.717) is 90.5 Å². The molecule has 5 heterocycles. The molecule has 4 aliphatic heterocycles. The highest BCUT2D eigenvalue weighted by Gasteiger charge is 2.50. The second-order valence-electron chi connectivity index (χ2n) is 26.8. The SMILES string of the molecule is COc1cc2c(cc1OCCCCCOc1cc3c(cc1OC)C(=O)N1C=C(C)C[C@H]1[C@H](O)N3C(=O)OCc1ccc(NC(=O)[C@H](C)NC(=O)[C@@H](NC(=O)COCCOCCNS(=O)(=O)NC(=O)CC[C@H]3[C@H]4CCc5nnn(C(C)C)c5CC[C@@H]34)C(C)C)cc1)N=C[C@@H]1CC(C)=CN1C2=O. The molecule has 1 fully saturated rings. The molecule has 8 atom stereocenters. The van der Waals surface area contributed by atoms with Gasteiger partial charge >= 0.3 is 16.3 Å². The molecule has 0 spiro atoms. The van der Waals surface area contributed by atoms with Crippen LogP contribution in [-0.4, -0.2) is 177 Å². The number of carbonyl (C=O) groups is 7. The second-order valence-corrected chi connectivity index (χ2v) is 28.3. The maximum atomic E-state index is 14.3. The molecule has 3 aromatic carbocycles. The lowest BCUT2D eigenvalue weighted by Gasteiger charge is -2.31. The van der Waals surface area contributed by atoms with Crippen LogP contribution in [-0.2, 0) is 63.0 Å². The zero-order chi connectivity index (χ0) is 71.5. The van der Waals surface area contributed by atoms with Crippen LogP contribution in [0, 0.1) is 23.7 Å². The maximum Gasteiger partial charge on any atom is 0.416 e. The minimum Gasteiger partial charge on any atom is -0.493 e. The summed E-state index contributed by atoms with van der Waals surface area (Å²) in [7, 11) is -1.15. The van der Waals surface area contributed by atoms with Crippen LogP contribution >= 0.6 is 0 Å². The van der Waals surface area contributed by atoms with Crippen molar-refractivity contribution in [2.75, 3.05) is 70.6 Å². The first-order chi connectivity index (χ1) is 47.9. The number of ether oxygens (including phenoxy) is 7. The topological polar surface area (TPSA) is 351 Å². The van der Waals surface area contributed by atoms with Gasteiger partial charge in [-0.15, -0.1) is 5.10 Å². The summed E-state index contributed by atoms with van der Waals surface area (Å²) in [5.74, 6) is -0.622. The Morgan fingerprint density at radius 1 is 0.730 bits per heavy atom. The van der Waals surface area contributed by atoms with Crippen molar-refractivity contribution >= 4 is 75.0 Å².